The number of ether oxygens (including phenoxy) is 3. The second-order valence-electron chi connectivity index (χ2n) is 3.73. The molecule has 18 heavy (non-hydrogen) atoms. The smallest absolute Gasteiger partial charge is 0.231 e. The van der Waals surface area contributed by atoms with Gasteiger partial charge in [0.05, 0.1) is 6.57 Å². The molecule has 2 aromatic carbocycles. The molecule has 0 saturated carbocycles. The Labute approximate surface area is 104 Å². The SMILES string of the molecule is [C-]#[N+]c1cccc(Oc2ccc3c(c2)OCO3)c1. The van der Waals surface area contributed by atoms with Gasteiger partial charge in [-0.15, -0.1) is 0 Å². The third-order valence-corrected chi connectivity index (χ3v) is 2.53. The molecular formula is C14H9NO3. The minimum Gasteiger partial charge on any atom is -0.459 e. The van der Waals surface area contributed by atoms with E-state index in [1.165, 1.54) is 0 Å². The van der Waals surface area contributed by atoms with Crippen molar-refractivity contribution in [3.63, 3.8) is 0 Å². The third-order valence-electron chi connectivity index (χ3n) is 2.53. The van der Waals surface area contributed by atoms with Gasteiger partial charge in [0.2, 0.25) is 6.79 Å². The average Bonchev–Trinajstić information content (AvgIpc) is 2.86. The summed E-state index contributed by atoms with van der Waals surface area (Å²) in [4.78, 5) is 3.36. The topological polar surface area (TPSA) is 32.0 Å². The summed E-state index contributed by atoms with van der Waals surface area (Å²) in [5, 5.41) is 0. The van der Waals surface area contributed by atoms with Crippen molar-refractivity contribution in [2.24, 2.45) is 0 Å². The van der Waals surface area contributed by atoms with Crippen molar-refractivity contribution in [2.45, 2.75) is 0 Å². The molecule has 3 rings (SSSR count). The summed E-state index contributed by atoms with van der Waals surface area (Å²) in [6.07, 6.45) is 0. The van der Waals surface area contributed by atoms with E-state index in [0.717, 1.165) is 5.75 Å². The first-order chi connectivity index (χ1) is 8.85. The molecule has 0 amide bonds. The highest BCUT2D eigenvalue weighted by molar-refractivity contribution is 5.51. The van der Waals surface area contributed by atoms with E-state index in [-0.39, 0.29) is 6.79 Å². The van der Waals surface area contributed by atoms with E-state index >= 15 is 0 Å². The van der Waals surface area contributed by atoms with Gasteiger partial charge >= 0.3 is 0 Å². The average molecular weight is 239 g/mol. The Hall–Kier alpha value is -2.67. The predicted molar refractivity (Wildman–Crippen MR) is 65.3 cm³/mol. The second kappa shape index (κ2) is 4.30. The van der Waals surface area contributed by atoms with Crippen LogP contribution < -0.4 is 14.2 Å². The molecule has 1 aliphatic heterocycles. The minimum atomic E-state index is 0.242. The number of hydrogen-bond donors (Lipinski definition) is 0. The van der Waals surface area contributed by atoms with Crippen LogP contribution in [-0.4, -0.2) is 6.79 Å². The van der Waals surface area contributed by atoms with Crippen LogP contribution in [0.25, 0.3) is 4.85 Å². The molecule has 0 saturated heterocycles. The van der Waals surface area contributed by atoms with Crippen LogP contribution in [0.2, 0.25) is 0 Å². The highest BCUT2D eigenvalue weighted by Crippen LogP contribution is 2.36. The lowest BCUT2D eigenvalue weighted by molar-refractivity contribution is 0.174. The van der Waals surface area contributed by atoms with Gasteiger partial charge in [-0.25, -0.2) is 4.85 Å². The zero-order chi connectivity index (χ0) is 12.4. The fourth-order valence-corrected chi connectivity index (χ4v) is 1.69. The summed E-state index contributed by atoms with van der Waals surface area (Å²) < 4.78 is 16.2. The normalized spacial score (nSPS) is 11.9. The van der Waals surface area contributed by atoms with Gasteiger partial charge in [0.1, 0.15) is 11.5 Å². The first-order valence-corrected chi connectivity index (χ1v) is 5.40. The molecule has 4 heteroatoms. The van der Waals surface area contributed by atoms with Crippen LogP contribution in [0.3, 0.4) is 0 Å². The van der Waals surface area contributed by atoms with Crippen molar-refractivity contribution in [1.29, 1.82) is 0 Å². The lowest BCUT2D eigenvalue weighted by Gasteiger charge is -2.06. The molecule has 0 spiro atoms. The number of rotatable bonds is 2. The molecule has 0 N–H and O–H groups in total. The van der Waals surface area contributed by atoms with Crippen molar-refractivity contribution < 1.29 is 14.2 Å². The van der Waals surface area contributed by atoms with E-state index in [2.05, 4.69) is 4.85 Å². The fraction of sp³-hybridized carbons (Fsp3) is 0.0714. The van der Waals surface area contributed by atoms with Gasteiger partial charge in [-0.1, -0.05) is 12.1 Å². The van der Waals surface area contributed by atoms with E-state index in [0.29, 0.717) is 22.9 Å². The summed E-state index contributed by atoms with van der Waals surface area (Å²) in [5.41, 5.74) is 0.549. The van der Waals surface area contributed by atoms with Gasteiger partial charge < -0.3 is 14.2 Å². The molecule has 0 aliphatic carbocycles. The Morgan fingerprint density at radius 2 is 1.83 bits per heavy atom. The molecule has 2 aromatic rings. The van der Waals surface area contributed by atoms with E-state index in [4.69, 9.17) is 20.8 Å². The summed E-state index contributed by atoms with van der Waals surface area (Å²) in [7, 11) is 0. The number of hydrogen-bond acceptors (Lipinski definition) is 3. The Balaban J connectivity index is 1.86. The van der Waals surface area contributed by atoms with E-state index < -0.39 is 0 Å². The summed E-state index contributed by atoms with van der Waals surface area (Å²) >= 11 is 0. The van der Waals surface area contributed by atoms with Crippen molar-refractivity contribution in [3.05, 3.63) is 53.9 Å². The predicted octanol–water partition coefficient (Wildman–Crippen LogP) is 3.76. The van der Waals surface area contributed by atoms with Crippen LogP contribution in [0.4, 0.5) is 5.69 Å². The lowest BCUT2D eigenvalue weighted by atomic mass is 10.3. The molecule has 0 aromatic heterocycles. The van der Waals surface area contributed by atoms with Gasteiger partial charge in [-0.2, -0.15) is 0 Å². The number of nitrogens with zero attached hydrogens (tertiary/aromatic N) is 1. The van der Waals surface area contributed by atoms with Crippen LogP contribution in [0.15, 0.2) is 42.5 Å². The molecular weight excluding hydrogens is 230 g/mol. The lowest BCUT2D eigenvalue weighted by Crippen LogP contribution is -1.92. The summed E-state index contributed by atoms with van der Waals surface area (Å²) in [6.45, 7) is 7.20. The van der Waals surface area contributed by atoms with Crippen molar-refractivity contribution in [1.82, 2.24) is 0 Å². The van der Waals surface area contributed by atoms with Crippen LogP contribution in [-0.2, 0) is 0 Å². The summed E-state index contributed by atoms with van der Waals surface area (Å²) in [6, 6.07) is 12.4. The van der Waals surface area contributed by atoms with Crippen LogP contribution in [0.5, 0.6) is 23.0 Å². The molecule has 0 bridgehead atoms. The van der Waals surface area contributed by atoms with Crippen molar-refractivity contribution in [3.8, 4) is 23.0 Å². The first kappa shape index (κ1) is 10.5. The molecule has 88 valence electrons. The maximum atomic E-state index is 6.95. The molecule has 0 radical (unpaired) electrons. The maximum absolute atomic E-state index is 6.95. The number of fused-ring (bicyclic) bond motifs is 1. The molecule has 0 atom stereocenters. The zero-order valence-electron chi connectivity index (χ0n) is 9.42. The fourth-order valence-electron chi connectivity index (χ4n) is 1.69. The molecule has 1 aliphatic rings. The van der Waals surface area contributed by atoms with E-state index in [9.17, 15) is 0 Å². The van der Waals surface area contributed by atoms with Gasteiger partial charge in [-0.3, -0.25) is 0 Å². The van der Waals surface area contributed by atoms with E-state index in [1.54, 1.807) is 42.5 Å². The Bertz CT molecular complexity index is 631. The van der Waals surface area contributed by atoms with Gasteiger partial charge in [0.25, 0.3) is 0 Å². The summed E-state index contributed by atoms with van der Waals surface area (Å²) in [5.74, 6) is 2.68. The van der Waals surface area contributed by atoms with Crippen LogP contribution >= 0.6 is 0 Å². The Kier molecular flexibility index (Phi) is 2.50. The highest BCUT2D eigenvalue weighted by atomic mass is 16.7. The zero-order valence-corrected chi connectivity index (χ0v) is 9.42. The van der Waals surface area contributed by atoms with Crippen LogP contribution in [0.1, 0.15) is 0 Å². The first-order valence-electron chi connectivity index (χ1n) is 5.40. The van der Waals surface area contributed by atoms with Crippen molar-refractivity contribution in [2.75, 3.05) is 6.79 Å². The highest BCUT2D eigenvalue weighted by Gasteiger charge is 2.13. The van der Waals surface area contributed by atoms with Gasteiger partial charge in [0.15, 0.2) is 17.2 Å². The largest absolute Gasteiger partial charge is 0.459 e. The Morgan fingerprint density at radius 3 is 2.72 bits per heavy atom. The Morgan fingerprint density at radius 1 is 1.00 bits per heavy atom. The third kappa shape index (κ3) is 1.94. The monoisotopic (exact) mass is 239 g/mol. The quantitative estimate of drug-likeness (QED) is 0.748. The van der Waals surface area contributed by atoms with Gasteiger partial charge in [0, 0.05) is 6.07 Å². The molecule has 0 unspecified atom stereocenters. The molecule has 1 heterocycles. The number of benzene rings is 2. The second-order valence-corrected chi connectivity index (χ2v) is 3.73. The maximum Gasteiger partial charge on any atom is 0.231 e. The van der Waals surface area contributed by atoms with Gasteiger partial charge in [-0.05, 0) is 24.3 Å². The standard InChI is InChI=1S/C14H9NO3/c1-15-10-3-2-4-11(7-10)18-12-5-6-13-14(8-12)17-9-16-13/h2-8H,9H2. The van der Waals surface area contributed by atoms with Crippen LogP contribution in [0, 0.1) is 6.57 Å². The molecule has 4 nitrogen and oxygen atoms in total. The minimum absolute atomic E-state index is 0.242. The van der Waals surface area contributed by atoms with E-state index in [1.807, 2.05) is 0 Å². The van der Waals surface area contributed by atoms with Crippen molar-refractivity contribution >= 4 is 5.69 Å². The molecule has 0 fully saturated rings.